The van der Waals surface area contributed by atoms with Crippen LogP contribution in [-0.4, -0.2) is 30.6 Å². The molecule has 5 nitrogen and oxygen atoms in total. The quantitative estimate of drug-likeness (QED) is 0.529. The average molecular weight is 339 g/mol. The molecule has 2 aromatic heterocycles. The van der Waals surface area contributed by atoms with Gasteiger partial charge in [-0.3, -0.25) is 4.57 Å². The minimum atomic E-state index is 0.789. The van der Waals surface area contributed by atoms with Gasteiger partial charge < -0.3 is 0 Å². The van der Waals surface area contributed by atoms with E-state index in [4.69, 9.17) is 0 Å². The van der Waals surface area contributed by atoms with E-state index in [1.165, 1.54) is 22.3 Å². The highest BCUT2D eigenvalue weighted by molar-refractivity contribution is 7.98. The third kappa shape index (κ3) is 2.42. The molecule has 114 valence electrons. The molecule has 0 N–H and O–H groups in total. The lowest BCUT2D eigenvalue weighted by Crippen LogP contribution is -1.99. The number of fused-ring (bicyclic) bond motifs is 1. The van der Waals surface area contributed by atoms with Crippen LogP contribution in [0, 0.1) is 6.92 Å². The van der Waals surface area contributed by atoms with Crippen LogP contribution in [0.15, 0.2) is 47.6 Å². The van der Waals surface area contributed by atoms with Gasteiger partial charge in [0.2, 0.25) is 0 Å². The molecule has 4 rings (SSSR count). The summed E-state index contributed by atoms with van der Waals surface area (Å²) in [7, 11) is 0. The third-order valence-electron chi connectivity index (χ3n) is 3.66. The van der Waals surface area contributed by atoms with Crippen molar-refractivity contribution < 1.29 is 0 Å². The molecule has 2 aromatic carbocycles. The van der Waals surface area contributed by atoms with Crippen molar-refractivity contribution in [3.8, 4) is 16.4 Å². The number of aryl methyl sites for hydroxylation is 1. The molecule has 23 heavy (non-hydrogen) atoms. The number of benzene rings is 2. The normalized spacial score (nSPS) is 11.2. The Kier molecular flexibility index (Phi) is 3.59. The Balaban J connectivity index is 1.96. The summed E-state index contributed by atoms with van der Waals surface area (Å²) in [5, 5.41) is 16.0. The van der Waals surface area contributed by atoms with Crippen molar-refractivity contribution in [2.24, 2.45) is 0 Å². The summed E-state index contributed by atoms with van der Waals surface area (Å²) in [5.74, 6) is 0.789. The van der Waals surface area contributed by atoms with Crippen molar-refractivity contribution in [1.29, 1.82) is 0 Å². The van der Waals surface area contributed by atoms with Gasteiger partial charge in [0.25, 0.3) is 0 Å². The number of hydrogen-bond donors (Lipinski definition) is 0. The predicted molar refractivity (Wildman–Crippen MR) is 94.3 cm³/mol. The number of aromatic nitrogens is 5. The molecule has 0 unspecified atom stereocenters. The molecule has 0 amide bonds. The van der Waals surface area contributed by atoms with Crippen molar-refractivity contribution in [2.45, 2.75) is 12.1 Å². The molecular formula is C16H13N5S2. The summed E-state index contributed by atoms with van der Waals surface area (Å²) < 4.78 is 6.09. The zero-order valence-electron chi connectivity index (χ0n) is 12.6. The first-order valence-electron chi connectivity index (χ1n) is 7.06. The summed E-state index contributed by atoms with van der Waals surface area (Å²) in [6, 6.07) is 14.7. The Morgan fingerprint density at radius 2 is 1.83 bits per heavy atom. The van der Waals surface area contributed by atoms with Gasteiger partial charge in [0.1, 0.15) is 4.88 Å². The van der Waals surface area contributed by atoms with E-state index in [2.05, 4.69) is 54.7 Å². The minimum Gasteiger partial charge on any atom is -0.269 e. The second-order valence-electron chi connectivity index (χ2n) is 5.06. The molecule has 0 spiro atoms. The predicted octanol–water partition coefficient (Wildman–Crippen LogP) is 3.97. The third-order valence-corrected chi connectivity index (χ3v) is 5.12. The minimum absolute atomic E-state index is 0.789. The Labute approximate surface area is 141 Å². The topological polar surface area (TPSA) is 56.5 Å². The van der Waals surface area contributed by atoms with Crippen molar-refractivity contribution >= 4 is 34.1 Å². The number of thioether (sulfide) groups is 1. The van der Waals surface area contributed by atoms with E-state index in [1.807, 2.05) is 25.3 Å². The van der Waals surface area contributed by atoms with E-state index >= 15 is 0 Å². The summed E-state index contributed by atoms with van der Waals surface area (Å²) >= 11 is 2.92. The Hall–Kier alpha value is -2.25. The fourth-order valence-electron chi connectivity index (χ4n) is 2.53. The molecule has 0 fully saturated rings. The molecule has 0 radical (unpaired) electrons. The van der Waals surface area contributed by atoms with Crippen LogP contribution in [0.4, 0.5) is 0 Å². The highest BCUT2D eigenvalue weighted by atomic mass is 32.2. The largest absolute Gasteiger partial charge is 0.269 e. The zero-order valence-corrected chi connectivity index (χ0v) is 14.2. The van der Waals surface area contributed by atoms with E-state index in [-0.39, 0.29) is 0 Å². The maximum atomic E-state index is 4.37. The second-order valence-corrected chi connectivity index (χ2v) is 6.59. The Morgan fingerprint density at radius 3 is 2.57 bits per heavy atom. The molecule has 2 heterocycles. The smallest absolute Gasteiger partial charge is 0.195 e. The van der Waals surface area contributed by atoms with Gasteiger partial charge in [-0.25, -0.2) is 0 Å². The van der Waals surface area contributed by atoms with Gasteiger partial charge >= 0.3 is 0 Å². The summed E-state index contributed by atoms with van der Waals surface area (Å²) in [5.41, 5.74) is 1.91. The molecule has 0 aliphatic carbocycles. The highest BCUT2D eigenvalue weighted by Gasteiger charge is 2.19. The molecule has 0 aliphatic rings. The molecule has 0 atom stereocenters. The van der Waals surface area contributed by atoms with Crippen molar-refractivity contribution in [1.82, 2.24) is 24.4 Å². The summed E-state index contributed by atoms with van der Waals surface area (Å²) in [6.45, 7) is 1.94. The first kappa shape index (κ1) is 14.3. The molecule has 4 aromatic rings. The van der Waals surface area contributed by atoms with Crippen LogP contribution in [-0.2, 0) is 0 Å². The van der Waals surface area contributed by atoms with Crippen LogP contribution in [0.25, 0.3) is 27.2 Å². The lowest BCUT2D eigenvalue weighted by Gasteiger charge is -2.09. The lowest BCUT2D eigenvalue weighted by molar-refractivity contribution is 0.890. The standard InChI is InChI=1S/C16H13N5S2/c1-10-14(23-20-17-10)15-18-19-16(22-2)21(15)13-8-7-11-5-3-4-6-12(11)9-13/h3-9H,1-2H3. The molecule has 0 aliphatic heterocycles. The Morgan fingerprint density at radius 1 is 1.00 bits per heavy atom. The summed E-state index contributed by atoms with van der Waals surface area (Å²) in [4.78, 5) is 0.950. The summed E-state index contributed by atoms with van der Waals surface area (Å²) in [6.07, 6.45) is 2.00. The maximum absolute atomic E-state index is 4.37. The monoisotopic (exact) mass is 339 g/mol. The van der Waals surface area contributed by atoms with Gasteiger partial charge in [-0.1, -0.05) is 46.6 Å². The van der Waals surface area contributed by atoms with Gasteiger partial charge in [-0.2, -0.15) is 0 Å². The zero-order chi connectivity index (χ0) is 15.8. The maximum Gasteiger partial charge on any atom is 0.195 e. The SMILES string of the molecule is CSc1nnc(-c2snnc2C)n1-c1ccc2ccccc2c1. The highest BCUT2D eigenvalue weighted by Crippen LogP contribution is 2.31. The number of hydrogen-bond acceptors (Lipinski definition) is 6. The van der Waals surface area contributed by atoms with Crippen LogP contribution in [0.2, 0.25) is 0 Å². The van der Waals surface area contributed by atoms with Gasteiger partial charge in [0.15, 0.2) is 11.0 Å². The molecular weight excluding hydrogens is 326 g/mol. The fraction of sp³-hybridized carbons (Fsp3) is 0.125. The van der Waals surface area contributed by atoms with Crippen LogP contribution >= 0.6 is 23.3 Å². The lowest BCUT2D eigenvalue weighted by atomic mass is 10.1. The van der Waals surface area contributed by atoms with Crippen LogP contribution in [0.5, 0.6) is 0 Å². The molecule has 7 heteroatoms. The second kappa shape index (κ2) is 5.75. The van der Waals surface area contributed by atoms with Gasteiger partial charge in [-0.05, 0) is 47.6 Å². The van der Waals surface area contributed by atoms with Gasteiger partial charge in [0, 0.05) is 0 Å². The van der Waals surface area contributed by atoms with Crippen molar-refractivity contribution in [2.75, 3.05) is 6.26 Å². The first-order chi connectivity index (χ1) is 11.3. The van der Waals surface area contributed by atoms with E-state index in [9.17, 15) is 0 Å². The Bertz CT molecular complexity index is 989. The molecule has 0 bridgehead atoms. The van der Waals surface area contributed by atoms with Crippen molar-refractivity contribution in [3.63, 3.8) is 0 Å². The average Bonchev–Trinajstić information content (AvgIpc) is 3.19. The van der Waals surface area contributed by atoms with E-state index in [0.29, 0.717) is 0 Å². The van der Waals surface area contributed by atoms with Crippen LogP contribution < -0.4 is 0 Å². The van der Waals surface area contributed by atoms with E-state index in [0.717, 1.165) is 27.2 Å². The van der Waals surface area contributed by atoms with E-state index < -0.39 is 0 Å². The number of rotatable bonds is 3. The fourth-order valence-corrected chi connectivity index (χ4v) is 3.66. The van der Waals surface area contributed by atoms with Crippen LogP contribution in [0.1, 0.15) is 5.69 Å². The van der Waals surface area contributed by atoms with Crippen LogP contribution in [0.3, 0.4) is 0 Å². The van der Waals surface area contributed by atoms with Gasteiger partial charge in [-0.15, -0.1) is 15.3 Å². The van der Waals surface area contributed by atoms with Gasteiger partial charge in [0.05, 0.1) is 11.4 Å². The first-order valence-corrected chi connectivity index (χ1v) is 9.05. The number of nitrogens with zero attached hydrogens (tertiary/aromatic N) is 5. The molecule has 0 saturated carbocycles. The van der Waals surface area contributed by atoms with E-state index in [1.54, 1.807) is 11.8 Å². The molecule has 0 saturated heterocycles. The van der Waals surface area contributed by atoms with Crippen molar-refractivity contribution in [3.05, 3.63) is 48.2 Å².